The molecule has 4 nitrogen and oxygen atoms in total. The minimum Gasteiger partial charge on any atom is -0.393 e. The molecule has 0 aliphatic rings. The monoisotopic (exact) mass is 235 g/mol. The lowest BCUT2D eigenvalue weighted by Crippen LogP contribution is -2.16. The molecule has 1 aromatic heterocycles. The SMILES string of the molecule is CCCc1[nH]n(-c2ccc(F)cc2)c(=O)c1N. The summed E-state index contributed by atoms with van der Waals surface area (Å²) in [5, 5.41) is 2.94. The van der Waals surface area contributed by atoms with Crippen LogP contribution in [0.5, 0.6) is 0 Å². The number of nitrogens with two attached hydrogens (primary N) is 1. The van der Waals surface area contributed by atoms with Crippen molar-refractivity contribution >= 4 is 5.69 Å². The maximum atomic E-state index is 12.8. The van der Waals surface area contributed by atoms with Gasteiger partial charge in [0.25, 0.3) is 5.56 Å². The van der Waals surface area contributed by atoms with E-state index in [4.69, 9.17) is 5.73 Å². The fourth-order valence-electron chi connectivity index (χ4n) is 1.71. The molecule has 0 aliphatic heterocycles. The van der Waals surface area contributed by atoms with Crippen LogP contribution in [-0.4, -0.2) is 9.78 Å². The summed E-state index contributed by atoms with van der Waals surface area (Å²) < 4.78 is 14.1. The molecule has 0 aliphatic carbocycles. The number of H-pyrrole nitrogens is 1. The highest BCUT2D eigenvalue weighted by Crippen LogP contribution is 2.11. The Morgan fingerprint density at radius 3 is 2.59 bits per heavy atom. The Kier molecular flexibility index (Phi) is 2.99. The maximum absolute atomic E-state index is 12.8. The van der Waals surface area contributed by atoms with Crippen molar-refractivity contribution in [1.82, 2.24) is 9.78 Å². The van der Waals surface area contributed by atoms with Gasteiger partial charge in [-0.25, -0.2) is 9.07 Å². The standard InChI is InChI=1S/C12H14FN3O/c1-2-3-10-11(14)12(17)16(15-10)9-6-4-8(13)5-7-9/h4-7,15H,2-3,14H2,1H3. The number of benzene rings is 1. The molecular weight excluding hydrogens is 221 g/mol. The first-order valence-electron chi connectivity index (χ1n) is 5.48. The number of anilines is 1. The third-order valence-corrected chi connectivity index (χ3v) is 2.59. The number of hydrogen-bond acceptors (Lipinski definition) is 2. The van der Waals surface area contributed by atoms with Crippen molar-refractivity contribution in [2.24, 2.45) is 0 Å². The summed E-state index contributed by atoms with van der Waals surface area (Å²) >= 11 is 0. The van der Waals surface area contributed by atoms with Crippen molar-refractivity contribution < 1.29 is 4.39 Å². The lowest BCUT2D eigenvalue weighted by atomic mass is 10.2. The van der Waals surface area contributed by atoms with Gasteiger partial charge in [-0.05, 0) is 30.7 Å². The van der Waals surface area contributed by atoms with Gasteiger partial charge in [0, 0.05) is 0 Å². The lowest BCUT2D eigenvalue weighted by molar-refractivity contribution is 0.626. The van der Waals surface area contributed by atoms with Gasteiger partial charge in [-0.3, -0.25) is 9.89 Å². The van der Waals surface area contributed by atoms with Crippen LogP contribution >= 0.6 is 0 Å². The molecular formula is C12H14FN3O. The van der Waals surface area contributed by atoms with Crippen LogP contribution in [0.1, 0.15) is 19.0 Å². The Morgan fingerprint density at radius 1 is 1.35 bits per heavy atom. The topological polar surface area (TPSA) is 63.8 Å². The largest absolute Gasteiger partial charge is 0.393 e. The van der Waals surface area contributed by atoms with Crippen LogP contribution in [0.3, 0.4) is 0 Å². The van der Waals surface area contributed by atoms with Gasteiger partial charge in [0.2, 0.25) is 0 Å². The highest BCUT2D eigenvalue weighted by atomic mass is 19.1. The molecule has 0 saturated heterocycles. The molecule has 5 heteroatoms. The zero-order valence-corrected chi connectivity index (χ0v) is 9.53. The normalized spacial score (nSPS) is 10.7. The molecule has 3 N–H and O–H groups in total. The van der Waals surface area contributed by atoms with E-state index in [1.165, 1.54) is 28.9 Å². The molecule has 1 heterocycles. The van der Waals surface area contributed by atoms with E-state index in [2.05, 4.69) is 5.10 Å². The average Bonchev–Trinajstić information content (AvgIpc) is 2.59. The van der Waals surface area contributed by atoms with Gasteiger partial charge in [0.05, 0.1) is 11.4 Å². The van der Waals surface area contributed by atoms with E-state index in [1.807, 2.05) is 6.92 Å². The zero-order chi connectivity index (χ0) is 12.4. The quantitative estimate of drug-likeness (QED) is 0.852. The summed E-state index contributed by atoms with van der Waals surface area (Å²) in [6, 6.07) is 5.67. The Labute approximate surface area is 97.9 Å². The summed E-state index contributed by atoms with van der Waals surface area (Å²) in [6.07, 6.45) is 1.61. The third kappa shape index (κ3) is 2.08. The Hall–Kier alpha value is -2.04. The highest BCUT2D eigenvalue weighted by Gasteiger charge is 2.11. The number of aryl methyl sites for hydroxylation is 1. The van der Waals surface area contributed by atoms with Crippen molar-refractivity contribution in [3.8, 4) is 5.69 Å². The lowest BCUT2D eigenvalue weighted by Gasteiger charge is -2.00. The molecule has 0 fully saturated rings. The second-order valence-electron chi connectivity index (χ2n) is 3.87. The summed E-state index contributed by atoms with van der Waals surface area (Å²) in [7, 11) is 0. The van der Waals surface area contributed by atoms with Crippen molar-refractivity contribution in [3.63, 3.8) is 0 Å². The minimum absolute atomic E-state index is 0.233. The van der Waals surface area contributed by atoms with Gasteiger partial charge in [-0.15, -0.1) is 0 Å². The number of hydrogen-bond donors (Lipinski definition) is 2. The fraction of sp³-hybridized carbons (Fsp3) is 0.250. The fourth-order valence-corrected chi connectivity index (χ4v) is 1.71. The summed E-state index contributed by atoms with van der Waals surface area (Å²) in [5.74, 6) is -0.338. The Morgan fingerprint density at radius 2 is 2.00 bits per heavy atom. The number of rotatable bonds is 3. The van der Waals surface area contributed by atoms with E-state index in [0.717, 1.165) is 18.5 Å². The molecule has 2 aromatic rings. The van der Waals surface area contributed by atoms with E-state index in [-0.39, 0.29) is 17.1 Å². The predicted octanol–water partition coefficient (Wildman–Crippen LogP) is 1.84. The number of aromatic amines is 1. The van der Waals surface area contributed by atoms with E-state index in [9.17, 15) is 9.18 Å². The van der Waals surface area contributed by atoms with E-state index < -0.39 is 0 Å². The highest BCUT2D eigenvalue weighted by molar-refractivity contribution is 5.44. The molecule has 0 unspecified atom stereocenters. The smallest absolute Gasteiger partial charge is 0.294 e. The first kappa shape index (κ1) is 11.4. The molecule has 90 valence electrons. The van der Waals surface area contributed by atoms with Crippen LogP contribution in [0, 0.1) is 5.82 Å². The minimum atomic E-state index is -0.338. The van der Waals surface area contributed by atoms with Gasteiger partial charge in [-0.2, -0.15) is 0 Å². The van der Waals surface area contributed by atoms with Gasteiger partial charge < -0.3 is 5.73 Å². The first-order chi connectivity index (χ1) is 8.13. The van der Waals surface area contributed by atoms with Crippen LogP contribution in [0.25, 0.3) is 5.69 Å². The van der Waals surface area contributed by atoms with Gasteiger partial charge in [0.15, 0.2) is 0 Å². The first-order valence-corrected chi connectivity index (χ1v) is 5.48. The summed E-state index contributed by atoms with van der Waals surface area (Å²) in [5.41, 5.74) is 6.96. The van der Waals surface area contributed by atoms with Gasteiger partial charge in [-0.1, -0.05) is 13.3 Å². The van der Waals surface area contributed by atoms with Crippen LogP contribution in [0.2, 0.25) is 0 Å². The Balaban J connectivity index is 2.49. The third-order valence-electron chi connectivity index (χ3n) is 2.59. The number of nitrogen functional groups attached to an aromatic ring is 1. The van der Waals surface area contributed by atoms with Crippen LogP contribution in [0.15, 0.2) is 29.1 Å². The van der Waals surface area contributed by atoms with Crippen LogP contribution < -0.4 is 11.3 Å². The molecule has 0 bridgehead atoms. The van der Waals surface area contributed by atoms with Crippen molar-refractivity contribution in [2.75, 3.05) is 5.73 Å². The van der Waals surface area contributed by atoms with Crippen molar-refractivity contribution in [2.45, 2.75) is 19.8 Å². The Bertz CT molecular complexity index is 568. The number of halogens is 1. The average molecular weight is 235 g/mol. The molecule has 0 spiro atoms. The van der Waals surface area contributed by atoms with E-state index in [1.54, 1.807) is 0 Å². The molecule has 0 atom stereocenters. The van der Waals surface area contributed by atoms with Crippen LogP contribution in [-0.2, 0) is 6.42 Å². The zero-order valence-electron chi connectivity index (χ0n) is 9.53. The summed E-state index contributed by atoms with van der Waals surface area (Å²) in [6.45, 7) is 2.01. The molecule has 17 heavy (non-hydrogen) atoms. The van der Waals surface area contributed by atoms with Crippen LogP contribution in [0.4, 0.5) is 10.1 Å². The molecule has 0 radical (unpaired) electrons. The second-order valence-corrected chi connectivity index (χ2v) is 3.87. The second kappa shape index (κ2) is 4.45. The van der Waals surface area contributed by atoms with Crippen molar-refractivity contribution in [3.05, 3.63) is 46.1 Å². The van der Waals surface area contributed by atoms with Crippen molar-refractivity contribution in [1.29, 1.82) is 0 Å². The molecule has 1 aromatic carbocycles. The van der Waals surface area contributed by atoms with Gasteiger partial charge in [0.1, 0.15) is 11.5 Å². The number of nitrogens with one attached hydrogen (secondary N) is 1. The van der Waals surface area contributed by atoms with Gasteiger partial charge >= 0.3 is 0 Å². The number of aromatic nitrogens is 2. The maximum Gasteiger partial charge on any atom is 0.294 e. The van der Waals surface area contributed by atoms with E-state index in [0.29, 0.717) is 5.69 Å². The molecule has 2 rings (SSSR count). The predicted molar refractivity (Wildman–Crippen MR) is 64.8 cm³/mol. The molecule has 0 saturated carbocycles. The summed E-state index contributed by atoms with van der Waals surface area (Å²) in [4.78, 5) is 11.9. The molecule has 0 amide bonds. The van der Waals surface area contributed by atoms with E-state index >= 15 is 0 Å². The number of nitrogens with zero attached hydrogens (tertiary/aromatic N) is 1.